The van der Waals surface area contributed by atoms with Crippen LogP contribution in [0.3, 0.4) is 0 Å². The number of nitrogens with two attached hydrogens (primary N) is 1. The third-order valence-electron chi connectivity index (χ3n) is 3.96. The second kappa shape index (κ2) is 5.91. The van der Waals surface area contributed by atoms with Crippen LogP contribution in [0.15, 0.2) is 11.1 Å². The number of anilines is 1. The van der Waals surface area contributed by atoms with Gasteiger partial charge in [0, 0.05) is 13.0 Å². The first-order valence-corrected chi connectivity index (χ1v) is 7.59. The van der Waals surface area contributed by atoms with Crippen LogP contribution in [0.1, 0.15) is 26.5 Å². The Balaban J connectivity index is 2.13. The molecule has 1 fully saturated rings. The van der Waals surface area contributed by atoms with Gasteiger partial charge in [0.25, 0.3) is 0 Å². The molecule has 0 spiro atoms. The summed E-state index contributed by atoms with van der Waals surface area (Å²) in [5, 5.41) is 19.2. The van der Waals surface area contributed by atoms with Crippen LogP contribution in [-0.2, 0) is 11.3 Å². The van der Waals surface area contributed by atoms with E-state index >= 15 is 0 Å². The molecule has 9 nitrogen and oxygen atoms in total. The standard InChI is InChI=1S/C14H21N5O4/c1-7(2)4-18-13-11(12(22)17-14(18)15)16-6-19(13)10-3-8(21)9(5-20)23-10/h6-10,20-21H,3-5H2,1-2H3,(H2,15,17,22)/t8-,9+,10+/m0/s1. The molecule has 4 N–H and O–H groups in total. The van der Waals surface area contributed by atoms with Crippen molar-refractivity contribution in [1.82, 2.24) is 19.1 Å². The maximum Gasteiger partial charge on any atom is 0.302 e. The molecule has 0 amide bonds. The Bertz CT molecular complexity index is 768. The molecule has 0 aromatic carbocycles. The van der Waals surface area contributed by atoms with Crippen LogP contribution < -0.4 is 11.3 Å². The van der Waals surface area contributed by atoms with Crippen molar-refractivity contribution in [1.29, 1.82) is 0 Å². The van der Waals surface area contributed by atoms with E-state index in [2.05, 4.69) is 9.97 Å². The van der Waals surface area contributed by atoms with E-state index in [9.17, 15) is 15.0 Å². The van der Waals surface area contributed by atoms with Gasteiger partial charge in [-0.2, -0.15) is 4.98 Å². The first kappa shape index (κ1) is 15.9. The van der Waals surface area contributed by atoms with Crippen molar-refractivity contribution in [3.63, 3.8) is 0 Å². The highest BCUT2D eigenvalue weighted by Crippen LogP contribution is 2.31. The Labute approximate surface area is 132 Å². The zero-order valence-corrected chi connectivity index (χ0v) is 13.1. The smallest absolute Gasteiger partial charge is 0.302 e. The third kappa shape index (κ3) is 2.71. The van der Waals surface area contributed by atoms with Crippen molar-refractivity contribution in [3.8, 4) is 0 Å². The van der Waals surface area contributed by atoms with Gasteiger partial charge in [-0.05, 0) is 5.92 Å². The average Bonchev–Trinajstić information content (AvgIpc) is 3.06. The maximum atomic E-state index is 12.0. The lowest BCUT2D eigenvalue weighted by atomic mass is 10.2. The van der Waals surface area contributed by atoms with Crippen molar-refractivity contribution in [2.45, 2.75) is 45.2 Å². The van der Waals surface area contributed by atoms with Crippen LogP contribution in [0, 0.1) is 5.92 Å². The Morgan fingerprint density at radius 1 is 1.52 bits per heavy atom. The minimum atomic E-state index is -0.771. The molecule has 126 valence electrons. The summed E-state index contributed by atoms with van der Waals surface area (Å²) in [6.07, 6.45) is -0.156. The number of aliphatic hydroxyl groups excluding tert-OH is 2. The van der Waals surface area contributed by atoms with Gasteiger partial charge in [-0.3, -0.25) is 13.9 Å². The van der Waals surface area contributed by atoms with E-state index in [1.165, 1.54) is 6.33 Å². The summed E-state index contributed by atoms with van der Waals surface area (Å²) < 4.78 is 9.07. The molecule has 9 heteroatoms. The van der Waals surface area contributed by atoms with Crippen LogP contribution in [0.4, 0.5) is 5.95 Å². The molecule has 1 aliphatic rings. The molecule has 3 heterocycles. The van der Waals surface area contributed by atoms with Crippen LogP contribution in [0.2, 0.25) is 0 Å². The molecule has 3 atom stereocenters. The molecule has 0 unspecified atom stereocenters. The normalized spacial score (nSPS) is 24.8. The minimum absolute atomic E-state index is 0.121. The predicted molar refractivity (Wildman–Crippen MR) is 82.7 cm³/mol. The second-order valence-electron chi connectivity index (χ2n) is 6.22. The van der Waals surface area contributed by atoms with E-state index in [0.29, 0.717) is 18.6 Å². The largest absolute Gasteiger partial charge is 0.394 e. The molecule has 0 radical (unpaired) electrons. The second-order valence-corrected chi connectivity index (χ2v) is 6.22. The number of rotatable bonds is 4. The molecule has 2 aromatic rings. The number of aliphatic hydroxyl groups is 2. The minimum Gasteiger partial charge on any atom is -0.394 e. The van der Waals surface area contributed by atoms with Gasteiger partial charge in [0.1, 0.15) is 12.3 Å². The molecule has 0 saturated carbocycles. The van der Waals surface area contributed by atoms with Crippen LogP contribution in [0.25, 0.3) is 11.2 Å². The Hall–Kier alpha value is -1.97. The lowest BCUT2D eigenvalue weighted by Gasteiger charge is -2.19. The van der Waals surface area contributed by atoms with E-state index < -0.39 is 24.0 Å². The molecule has 3 rings (SSSR count). The van der Waals surface area contributed by atoms with Gasteiger partial charge in [0.15, 0.2) is 11.2 Å². The van der Waals surface area contributed by atoms with Gasteiger partial charge in [0.2, 0.25) is 5.95 Å². The van der Waals surface area contributed by atoms with Gasteiger partial charge in [0.05, 0.1) is 19.0 Å². The molecular formula is C14H21N5O4. The van der Waals surface area contributed by atoms with Crippen molar-refractivity contribution in [2.24, 2.45) is 5.92 Å². The molecule has 23 heavy (non-hydrogen) atoms. The van der Waals surface area contributed by atoms with Crippen LogP contribution >= 0.6 is 0 Å². The number of ether oxygens (including phenoxy) is 1. The van der Waals surface area contributed by atoms with E-state index in [1.807, 2.05) is 13.8 Å². The molecule has 1 aliphatic heterocycles. The average molecular weight is 323 g/mol. The van der Waals surface area contributed by atoms with E-state index in [4.69, 9.17) is 10.5 Å². The predicted octanol–water partition coefficient (Wildman–Crippen LogP) is -0.528. The van der Waals surface area contributed by atoms with Gasteiger partial charge < -0.3 is 20.7 Å². The topological polar surface area (TPSA) is 128 Å². The number of nitrogens with zero attached hydrogens (tertiary/aromatic N) is 4. The summed E-state index contributed by atoms with van der Waals surface area (Å²) in [6, 6.07) is 0. The van der Waals surface area contributed by atoms with Crippen LogP contribution in [0.5, 0.6) is 0 Å². The Morgan fingerprint density at radius 3 is 2.87 bits per heavy atom. The fourth-order valence-electron chi connectivity index (χ4n) is 2.90. The zero-order chi connectivity index (χ0) is 16.7. The number of imidazole rings is 1. The summed E-state index contributed by atoms with van der Waals surface area (Å²) >= 11 is 0. The highest BCUT2D eigenvalue weighted by atomic mass is 16.5. The Kier molecular flexibility index (Phi) is 4.09. The SMILES string of the molecule is CC(C)Cn1c(N)nc(=O)c2ncn([C@H]3C[C@H](O)[C@@H](CO)O3)c21. The zero-order valence-electron chi connectivity index (χ0n) is 13.1. The van der Waals surface area contributed by atoms with E-state index in [0.717, 1.165) is 0 Å². The monoisotopic (exact) mass is 323 g/mol. The third-order valence-corrected chi connectivity index (χ3v) is 3.96. The summed E-state index contributed by atoms with van der Waals surface area (Å²) in [5.41, 5.74) is 6.17. The molecule has 0 bridgehead atoms. The fraction of sp³-hybridized carbons (Fsp3) is 0.643. The number of hydrogen-bond acceptors (Lipinski definition) is 7. The van der Waals surface area contributed by atoms with Crippen molar-refractivity contribution < 1.29 is 14.9 Å². The summed E-state index contributed by atoms with van der Waals surface area (Å²) in [4.78, 5) is 20.0. The number of fused-ring (bicyclic) bond motifs is 1. The number of aromatic nitrogens is 4. The quantitative estimate of drug-likeness (QED) is 0.690. The summed E-state index contributed by atoms with van der Waals surface area (Å²) in [6.45, 7) is 4.36. The summed E-state index contributed by atoms with van der Waals surface area (Å²) in [5.74, 6) is 0.406. The highest BCUT2D eigenvalue weighted by Gasteiger charge is 2.35. The lowest BCUT2D eigenvalue weighted by Crippen LogP contribution is -2.24. The highest BCUT2D eigenvalue weighted by molar-refractivity contribution is 5.71. The molecule has 0 aliphatic carbocycles. The van der Waals surface area contributed by atoms with Crippen LogP contribution in [-0.4, -0.2) is 48.1 Å². The van der Waals surface area contributed by atoms with Gasteiger partial charge in [-0.25, -0.2) is 4.98 Å². The van der Waals surface area contributed by atoms with Crippen molar-refractivity contribution in [2.75, 3.05) is 12.3 Å². The summed E-state index contributed by atoms with van der Waals surface area (Å²) in [7, 11) is 0. The van der Waals surface area contributed by atoms with Crippen molar-refractivity contribution in [3.05, 3.63) is 16.7 Å². The number of hydrogen-bond donors (Lipinski definition) is 3. The first-order valence-electron chi connectivity index (χ1n) is 7.59. The van der Waals surface area contributed by atoms with Gasteiger partial charge in [-0.15, -0.1) is 0 Å². The maximum absolute atomic E-state index is 12.0. The molecule has 2 aromatic heterocycles. The molecular weight excluding hydrogens is 302 g/mol. The first-order chi connectivity index (χ1) is 10.9. The van der Waals surface area contributed by atoms with Gasteiger partial charge >= 0.3 is 5.56 Å². The van der Waals surface area contributed by atoms with E-state index in [1.54, 1.807) is 9.13 Å². The number of nitrogen functional groups attached to an aromatic ring is 1. The Morgan fingerprint density at radius 2 is 2.26 bits per heavy atom. The molecule has 1 saturated heterocycles. The lowest BCUT2D eigenvalue weighted by molar-refractivity contribution is -0.0433. The fourth-order valence-corrected chi connectivity index (χ4v) is 2.90. The van der Waals surface area contributed by atoms with Crippen molar-refractivity contribution >= 4 is 17.1 Å². The van der Waals surface area contributed by atoms with Gasteiger partial charge in [-0.1, -0.05) is 13.8 Å². The van der Waals surface area contributed by atoms with E-state index in [-0.39, 0.29) is 24.0 Å².